The van der Waals surface area contributed by atoms with Gasteiger partial charge in [-0.2, -0.15) is 5.26 Å². The third kappa shape index (κ3) is 9.35. The van der Waals surface area contributed by atoms with Gasteiger partial charge >= 0.3 is 0 Å². The van der Waals surface area contributed by atoms with E-state index in [2.05, 4.69) is 34.4 Å². The van der Waals surface area contributed by atoms with Gasteiger partial charge < -0.3 is 20.6 Å². The SMILES string of the molecule is C#Cc1cccc(C2(NC[C@@H](O)[C@H](Cc3cc(F)cc(F)c3)NC(=O)c3cc(C#N)cc(CN(C)CCCC)c3)CC2)c1.Cl. The number of hydrogen-bond donors (Lipinski definition) is 3. The first-order valence-electron chi connectivity index (χ1n) is 14.6. The normalized spacial score (nSPS) is 14.5. The molecule has 0 radical (unpaired) electrons. The first kappa shape index (κ1) is 34.7. The molecule has 232 valence electrons. The van der Waals surface area contributed by atoms with Crippen molar-refractivity contribution in [2.45, 2.75) is 63.3 Å². The van der Waals surface area contributed by atoms with Crippen LogP contribution in [0.5, 0.6) is 0 Å². The van der Waals surface area contributed by atoms with Crippen molar-refractivity contribution in [2.75, 3.05) is 20.1 Å². The van der Waals surface area contributed by atoms with Crippen molar-refractivity contribution in [1.82, 2.24) is 15.5 Å². The summed E-state index contributed by atoms with van der Waals surface area (Å²) < 4.78 is 28.1. The monoisotopic (exact) mass is 620 g/mol. The lowest BCUT2D eigenvalue weighted by atomic mass is 9.98. The van der Waals surface area contributed by atoms with Crippen LogP contribution >= 0.6 is 12.4 Å². The number of aliphatic hydroxyl groups is 1. The van der Waals surface area contributed by atoms with Gasteiger partial charge in [0.2, 0.25) is 0 Å². The average molecular weight is 621 g/mol. The van der Waals surface area contributed by atoms with Crippen LogP contribution in [-0.4, -0.2) is 48.2 Å². The number of aliphatic hydroxyl groups excluding tert-OH is 1. The van der Waals surface area contributed by atoms with E-state index in [1.54, 1.807) is 12.1 Å². The van der Waals surface area contributed by atoms with Crippen LogP contribution in [0, 0.1) is 35.3 Å². The minimum atomic E-state index is -1.10. The molecule has 1 aliphatic carbocycles. The minimum Gasteiger partial charge on any atom is -0.390 e. The van der Waals surface area contributed by atoms with E-state index in [1.165, 1.54) is 18.2 Å². The predicted octanol–water partition coefficient (Wildman–Crippen LogP) is 5.45. The highest BCUT2D eigenvalue weighted by Gasteiger charge is 2.44. The highest BCUT2D eigenvalue weighted by atomic mass is 35.5. The van der Waals surface area contributed by atoms with E-state index < -0.39 is 29.7 Å². The van der Waals surface area contributed by atoms with Gasteiger partial charge in [0, 0.05) is 35.8 Å². The third-order valence-electron chi connectivity index (χ3n) is 7.87. The highest BCUT2D eigenvalue weighted by molar-refractivity contribution is 5.95. The van der Waals surface area contributed by atoms with Gasteiger partial charge in [-0.3, -0.25) is 4.79 Å². The van der Waals surface area contributed by atoms with Crippen molar-refractivity contribution < 1.29 is 18.7 Å². The Bertz CT molecular complexity index is 1510. The summed E-state index contributed by atoms with van der Waals surface area (Å²) >= 11 is 0. The quantitative estimate of drug-likeness (QED) is 0.209. The second kappa shape index (κ2) is 15.8. The number of amides is 1. The summed E-state index contributed by atoms with van der Waals surface area (Å²) in [6, 6.07) is 17.1. The number of hydrogen-bond acceptors (Lipinski definition) is 5. The van der Waals surface area contributed by atoms with E-state index in [4.69, 9.17) is 6.42 Å². The van der Waals surface area contributed by atoms with E-state index >= 15 is 0 Å². The first-order valence-corrected chi connectivity index (χ1v) is 14.6. The minimum absolute atomic E-state index is 0. The van der Waals surface area contributed by atoms with Gasteiger partial charge in [-0.25, -0.2) is 8.78 Å². The summed E-state index contributed by atoms with van der Waals surface area (Å²) in [5.74, 6) is 0.680. The lowest BCUT2D eigenvalue weighted by molar-refractivity contribution is 0.0822. The van der Waals surface area contributed by atoms with E-state index in [1.807, 2.05) is 31.3 Å². The van der Waals surface area contributed by atoms with Crippen LogP contribution in [0.3, 0.4) is 0 Å². The molecule has 2 atom stereocenters. The van der Waals surface area contributed by atoms with Crippen LogP contribution in [-0.2, 0) is 18.5 Å². The maximum Gasteiger partial charge on any atom is 0.251 e. The summed E-state index contributed by atoms with van der Waals surface area (Å²) in [7, 11) is 1.99. The first-order chi connectivity index (χ1) is 20.6. The Morgan fingerprint density at radius 3 is 2.45 bits per heavy atom. The molecular weight excluding hydrogens is 582 g/mol. The topological polar surface area (TPSA) is 88.4 Å². The molecular formula is C35H39ClF2N4O2. The van der Waals surface area contributed by atoms with Crippen molar-refractivity contribution in [2.24, 2.45) is 0 Å². The molecule has 1 amide bonds. The van der Waals surface area contributed by atoms with Gasteiger partial charge in [-0.15, -0.1) is 18.8 Å². The van der Waals surface area contributed by atoms with Gasteiger partial charge in [0.05, 0.1) is 23.8 Å². The number of nitriles is 1. The molecule has 3 aromatic rings. The maximum absolute atomic E-state index is 14.0. The molecule has 1 saturated carbocycles. The van der Waals surface area contributed by atoms with E-state index in [0.29, 0.717) is 17.7 Å². The van der Waals surface area contributed by atoms with Gasteiger partial charge in [0.1, 0.15) is 11.6 Å². The Labute approximate surface area is 264 Å². The van der Waals surface area contributed by atoms with Gasteiger partial charge in [-0.1, -0.05) is 31.4 Å². The van der Waals surface area contributed by atoms with Crippen molar-refractivity contribution in [3.05, 3.63) is 106 Å². The average Bonchev–Trinajstić information content (AvgIpc) is 3.79. The standard InChI is InChI=1S/C35H38F2N4O2.ClH/c1-4-6-12-41(3)23-27-13-26(21-38)14-28(15-27)34(43)40-32(19-25-17-30(36)20-31(37)18-25)33(42)22-39-35(10-11-35)29-9-7-8-24(5-2)16-29;/h2,7-9,13-18,20,32-33,39,42H,4,6,10-12,19,22-23H2,1,3H3,(H,40,43);1H/t32-,33+;/m0./s1. The molecule has 0 aromatic heterocycles. The number of terminal acetylenes is 1. The van der Waals surface area contributed by atoms with E-state index in [0.717, 1.165) is 55.0 Å². The number of halogens is 3. The molecule has 0 heterocycles. The number of carbonyl (C=O) groups is 1. The summed E-state index contributed by atoms with van der Waals surface area (Å²) in [5.41, 5.74) is 3.19. The van der Waals surface area contributed by atoms with E-state index in [-0.39, 0.29) is 36.5 Å². The van der Waals surface area contributed by atoms with Crippen molar-refractivity contribution in [3.8, 4) is 18.4 Å². The molecule has 9 heteroatoms. The summed E-state index contributed by atoms with van der Waals surface area (Å²) in [6.07, 6.45) is 8.29. The summed E-state index contributed by atoms with van der Waals surface area (Å²) in [4.78, 5) is 15.7. The lowest BCUT2D eigenvalue weighted by Crippen LogP contribution is -2.50. The second-order valence-corrected chi connectivity index (χ2v) is 11.4. The number of benzene rings is 3. The van der Waals surface area contributed by atoms with Crippen molar-refractivity contribution in [1.29, 1.82) is 5.26 Å². The van der Waals surface area contributed by atoms with Crippen molar-refractivity contribution in [3.63, 3.8) is 0 Å². The Balaban J connectivity index is 0.00000529. The van der Waals surface area contributed by atoms with Crippen LogP contribution in [0.4, 0.5) is 8.78 Å². The molecule has 0 saturated heterocycles. The summed E-state index contributed by atoms with van der Waals surface area (Å²) in [5, 5.41) is 27.3. The third-order valence-corrected chi connectivity index (χ3v) is 7.87. The highest BCUT2D eigenvalue weighted by Crippen LogP contribution is 2.45. The zero-order chi connectivity index (χ0) is 31.0. The number of unbranched alkanes of at least 4 members (excludes halogenated alkanes) is 1. The zero-order valence-corrected chi connectivity index (χ0v) is 25.9. The van der Waals surface area contributed by atoms with Crippen LogP contribution in [0.15, 0.2) is 60.7 Å². The molecule has 6 nitrogen and oxygen atoms in total. The Morgan fingerprint density at radius 2 is 1.82 bits per heavy atom. The largest absolute Gasteiger partial charge is 0.390 e. The zero-order valence-electron chi connectivity index (χ0n) is 25.1. The van der Waals surface area contributed by atoms with Crippen LogP contribution in [0.25, 0.3) is 0 Å². The second-order valence-electron chi connectivity index (χ2n) is 11.4. The smallest absolute Gasteiger partial charge is 0.251 e. The number of nitrogens with zero attached hydrogens (tertiary/aromatic N) is 2. The summed E-state index contributed by atoms with van der Waals surface area (Å²) in [6.45, 7) is 3.69. The van der Waals surface area contributed by atoms with Gasteiger partial charge in [0.15, 0.2) is 0 Å². The molecule has 0 bridgehead atoms. The van der Waals surface area contributed by atoms with Crippen LogP contribution in [0.2, 0.25) is 0 Å². The molecule has 4 rings (SSSR count). The molecule has 1 aliphatic rings. The predicted molar refractivity (Wildman–Crippen MR) is 170 cm³/mol. The van der Waals surface area contributed by atoms with Crippen LogP contribution < -0.4 is 10.6 Å². The van der Waals surface area contributed by atoms with Crippen molar-refractivity contribution >= 4 is 18.3 Å². The Kier molecular flexibility index (Phi) is 12.5. The van der Waals surface area contributed by atoms with Gasteiger partial charge in [0.25, 0.3) is 5.91 Å². The Hall–Kier alpha value is -3.79. The fourth-order valence-electron chi connectivity index (χ4n) is 5.36. The molecule has 0 unspecified atom stereocenters. The number of carbonyl (C=O) groups excluding carboxylic acids is 1. The molecule has 0 aliphatic heterocycles. The van der Waals surface area contributed by atoms with E-state index in [9.17, 15) is 23.9 Å². The fourth-order valence-corrected chi connectivity index (χ4v) is 5.36. The maximum atomic E-state index is 14.0. The number of rotatable bonds is 14. The molecule has 0 spiro atoms. The Morgan fingerprint density at radius 1 is 1.09 bits per heavy atom. The molecule has 3 N–H and O–H groups in total. The van der Waals surface area contributed by atoms with Crippen LogP contribution in [0.1, 0.15) is 70.8 Å². The molecule has 1 fully saturated rings. The lowest BCUT2D eigenvalue weighted by Gasteiger charge is -2.27. The fraction of sp³-hybridized carbons (Fsp3) is 0.371. The number of nitrogens with one attached hydrogen (secondary N) is 2. The van der Waals surface area contributed by atoms with Gasteiger partial charge in [-0.05, 0) is 98.4 Å². The molecule has 3 aromatic carbocycles. The molecule has 44 heavy (non-hydrogen) atoms.